The summed E-state index contributed by atoms with van der Waals surface area (Å²) in [4.78, 5) is 48.5. The molecule has 16 heteroatoms. The number of amides is 1. The van der Waals surface area contributed by atoms with Gasteiger partial charge in [-0.1, -0.05) is 6.92 Å². The average molecular weight is 614 g/mol. The molecule has 4 aromatic rings. The molecule has 2 aliphatic heterocycles. The van der Waals surface area contributed by atoms with E-state index < -0.39 is 18.6 Å². The number of fused-ring (bicyclic) bond motifs is 2. The number of alkyl halides is 3. The number of aryl methyl sites for hydroxylation is 2. The molecule has 6 rings (SSSR count). The van der Waals surface area contributed by atoms with Gasteiger partial charge in [0.25, 0.3) is 17.2 Å². The SMILES string of the molecule is CCc1nc2nc(-c3ccc4c(c3)CN(CC(F)(F)F)CCO4)[nH]n2c(=O)c1N1CCN(C(=O)c2ncnc(C)c2O)CC1. The first kappa shape index (κ1) is 29.3. The molecule has 0 saturated carbocycles. The lowest BCUT2D eigenvalue weighted by Crippen LogP contribution is -2.50. The average Bonchev–Trinajstić information content (AvgIpc) is 3.33. The van der Waals surface area contributed by atoms with E-state index in [-0.39, 0.29) is 42.5 Å². The Morgan fingerprint density at radius 2 is 1.89 bits per heavy atom. The second-order valence-electron chi connectivity index (χ2n) is 10.7. The van der Waals surface area contributed by atoms with Crippen molar-refractivity contribution < 1.29 is 27.8 Å². The highest BCUT2D eigenvalue weighted by Crippen LogP contribution is 2.30. The Bertz CT molecular complexity index is 1780. The van der Waals surface area contributed by atoms with Gasteiger partial charge >= 0.3 is 6.18 Å². The van der Waals surface area contributed by atoms with E-state index in [1.54, 1.807) is 30.0 Å². The first-order chi connectivity index (χ1) is 21.0. The summed E-state index contributed by atoms with van der Waals surface area (Å²) in [5.41, 5.74) is 1.98. The Morgan fingerprint density at radius 3 is 2.61 bits per heavy atom. The van der Waals surface area contributed by atoms with Crippen molar-refractivity contribution in [1.82, 2.24) is 39.3 Å². The van der Waals surface area contributed by atoms with Gasteiger partial charge in [0.2, 0.25) is 0 Å². The van der Waals surface area contributed by atoms with Crippen molar-refractivity contribution in [1.29, 1.82) is 0 Å². The van der Waals surface area contributed by atoms with Gasteiger partial charge in [0.15, 0.2) is 17.3 Å². The second-order valence-corrected chi connectivity index (χ2v) is 10.7. The van der Waals surface area contributed by atoms with E-state index in [1.165, 1.54) is 15.7 Å². The molecule has 0 radical (unpaired) electrons. The molecule has 0 aliphatic carbocycles. The molecule has 13 nitrogen and oxygen atoms in total. The van der Waals surface area contributed by atoms with Gasteiger partial charge in [-0.2, -0.15) is 22.7 Å². The van der Waals surface area contributed by atoms with Gasteiger partial charge in [-0.15, -0.1) is 0 Å². The number of aromatic amines is 1. The van der Waals surface area contributed by atoms with Gasteiger partial charge < -0.3 is 19.6 Å². The van der Waals surface area contributed by atoms with Crippen LogP contribution in [0, 0.1) is 6.92 Å². The number of carbonyl (C=O) groups excluding carboxylic acids is 1. The van der Waals surface area contributed by atoms with Gasteiger partial charge in [-0.3, -0.25) is 19.6 Å². The number of anilines is 1. The van der Waals surface area contributed by atoms with E-state index in [2.05, 4.69) is 25.0 Å². The van der Waals surface area contributed by atoms with Crippen LogP contribution in [0.25, 0.3) is 17.2 Å². The summed E-state index contributed by atoms with van der Waals surface area (Å²) in [5, 5.41) is 13.3. The lowest BCUT2D eigenvalue weighted by molar-refractivity contribution is -0.147. The lowest BCUT2D eigenvalue weighted by atomic mass is 10.1. The third-order valence-electron chi connectivity index (χ3n) is 7.77. The largest absolute Gasteiger partial charge is 0.504 e. The van der Waals surface area contributed by atoms with Crippen LogP contribution in [-0.2, 0) is 13.0 Å². The maximum Gasteiger partial charge on any atom is 0.401 e. The number of rotatable bonds is 5. The van der Waals surface area contributed by atoms with Gasteiger partial charge in [-0.05, 0) is 31.5 Å². The zero-order valence-electron chi connectivity index (χ0n) is 24.1. The summed E-state index contributed by atoms with van der Waals surface area (Å²) >= 11 is 0. The number of hydrogen-bond donors (Lipinski definition) is 2. The number of aromatic hydroxyl groups is 1. The maximum atomic E-state index is 13.8. The molecule has 3 aromatic heterocycles. The predicted molar refractivity (Wildman–Crippen MR) is 152 cm³/mol. The van der Waals surface area contributed by atoms with Crippen LogP contribution in [0.3, 0.4) is 0 Å². The minimum atomic E-state index is -4.33. The van der Waals surface area contributed by atoms with Crippen molar-refractivity contribution in [2.24, 2.45) is 0 Å². The van der Waals surface area contributed by atoms with Crippen molar-refractivity contribution in [3.05, 3.63) is 57.5 Å². The van der Waals surface area contributed by atoms with E-state index in [0.29, 0.717) is 72.4 Å². The minimum absolute atomic E-state index is 0.0518. The molecule has 2 N–H and O–H groups in total. The van der Waals surface area contributed by atoms with Crippen LogP contribution in [0.15, 0.2) is 29.3 Å². The molecule has 1 saturated heterocycles. The molecule has 2 aliphatic rings. The zero-order chi connectivity index (χ0) is 31.2. The van der Waals surface area contributed by atoms with Crippen LogP contribution < -0.4 is 15.2 Å². The summed E-state index contributed by atoms with van der Waals surface area (Å²) in [7, 11) is 0. The summed E-state index contributed by atoms with van der Waals surface area (Å²) in [6.45, 7) is 4.05. The first-order valence-electron chi connectivity index (χ1n) is 14.1. The molecule has 5 heterocycles. The Morgan fingerprint density at radius 1 is 1.11 bits per heavy atom. The third-order valence-corrected chi connectivity index (χ3v) is 7.77. The van der Waals surface area contributed by atoms with Crippen LogP contribution in [-0.4, -0.2) is 102 Å². The van der Waals surface area contributed by atoms with E-state index in [4.69, 9.17) is 4.74 Å². The van der Waals surface area contributed by atoms with Crippen LogP contribution >= 0.6 is 0 Å². The van der Waals surface area contributed by atoms with Gasteiger partial charge in [0.05, 0.1) is 17.9 Å². The summed E-state index contributed by atoms with van der Waals surface area (Å²) < 4.78 is 46.1. The fourth-order valence-corrected chi connectivity index (χ4v) is 5.53. The summed E-state index contributed by atoms with van der Waals surface area (Å²) in [6, 6.07) is 5.13. The Balaban J connectivity index is 1.26. The third kappa shape index (κ3) is 5.64. The fourth-order valence-electron chi connectivity index (χ4n) is 5.53. The highest BCUT2D eigenvalue weighted by Gasteiger charge is 2.32. The van der Waals surface area contributed by atoms with E-state index in [9.17, 15) is 27.9 Å². The number of nitrogens with zero attached hydrogens (tertiary/aromatic N) is 8. The van der Waals surface area contributed by atoms with Gasteiger partial charge in [-0.25, -0.2) is 15.0 Å². The van der Waals surface area contributed by atoms with Crippen molar-refractivity contribution in [2.45, 2.75) is 33.0 Å². The molecule has 1 fully saturated rings. The quantitative estimate of drug-likeness (QED) is 0.344. The van der Waals surface area contributed by atoms with Crippen molar-refractivity contribution in [3.63, 3.8) is 0 Å². The van der Waals surface area contributed by atoms with Crippen LogP contribution in [0.2, 0.25) is 0 Å². The number of halogens is 3. The van der Waals surface area contributed by atoms with Crippen molar-refractivity contribution in [3.8, 4) is 22.9 Å². The topological polar surface area (TPSA) is 145 Å². The Labute approximate surface area is 248 Å². The molecule has 0 bridgehead atoms. The molecule has 0 spiro atoms. The number of hydrogen-bond acceptors (Lipinski definition) is 10. The zero-order valence-corrected chi connectivity index (χ0v) is 24.1. The molecule has 1 aromatic carbocycles. The lowest BCUT2D eigenvalue weighted by Gasteiger charge is -2.36. The summed E-state index contributed by atoms with van der Waals surface area (Å²) in [6.07, 6.45) is -2.64. The number of benzene rings is 1. The molecule has 44 heavy (non-hydrogen) atoms. The standard InChI is InChI=1S/C28H30F3N9O4/c1-3-19-22(38-6-8-39(9-7-38)25(42)21-23(41)16(2)32-15-33-21)26(43)40-27(34-19)35-24(36-40)17-4-5-20-18(12-17)13-37(10-11-44-20)14-28(29,30)31/h4-5,12,15,41H,3,6-11,13-14H2,1-2H3,(H,34,35,36). The highest BCUT2D eigenvalue weighted by atomic mass is 19.4. The number of H-pyrrole nitrogens is 1. The number of ether oxygens (including phenoxy) is 1. The predicted octanol–water partition coefficient (Wildman–Crippen LogP) is 2.17. The van der Waals surface area contributed by atoms with Crippen LogP contribution in [0.5, 0.6) is 11.5 Å². The van der Waals surface area contributed by atoms with E-state index >= 15 is 0 Å². The normalized spacial score (nSPS) is 16.1. The molecule has 0 unspecified atom stereocenters. The Kier molecular flexibility index (Phi) is 7.61. The summed E-state index contributed by atoms with van der Waals surface area (Å²) in [5.74, 6) is 0.330. The van der Waals surface area contributed by atoms with Crippen LogP contribution in [0.4, 0.5) is 18.9 Å². The van der Waals surface area contributed by atoms with Crippen molar-refractivity contribution >= 4 is 17.4 Å². The molecule has 0 atom stereocenters. The van der Waals surface area contributed by atoms with Gasteiger partial charge in [0.1, 0.15) is 24.4 Å². The minimum Gasteiger partial charge on any atom is -0.504 e. The Hall–Kier alpha value is -4.73. The molecule has 1 amide bonds. The van der Waals surface area contributed by atoms with Crippen molar-refractivity contribution in [2.75, 3.05) is 50.8 Å². The number of aromatic nitrogens is 6. The van der Waals surface area contributed by atoms with Gasteiger partial charge in [0, 0.05) is 50.4 Å². The number of nitrogens with one attached hydrogen (secondary N) is 1. The van der Waals surface area contributed by atoms with E-state index in [0.717, 1.165) is 0 Å². The van der Waals surface area contributed by atoms with Crippen LogP contribution in [0.1, 0.15) is 34.4 Å². The number of piperazine rings is 1. The first-order valence-corrected chi connectivity index (χ1v) is 14.1. The monoisotopic (exact) mass is 613 g/mol. The highest BCUT2D eigenvalue weighted by molar-refractivity contribution is 5.95. The maximum absolute atomic E-state index is 13.8. The van der Waals surface area contributed by atoms with E-state index in [1.807, 2.05) is 11.8 Å². The number of carbonyl (C=O) groups is 1. The molecule has 232 valence electrons. The fraction of sp³-hybridized carbons (Fsp3) is 0.429. The molecular formula is C28H30F3N9O4. The second kappa shape index (κ2) is 11.4. The molecular weight excluding hydrogens is 583 g/mol. The smallest absolute Gasteiger partial charge is 0.401 e.